The van der Waals surface area contributed by atoms with Gasteiger partial charge >= 0.3 is 0 Å². The summed E-state index contributed by atoms with van der Waals surface area (Å²) < 4.78 is 0. The van der Waals surface area contributed by atoms with E-state index in [1.54, 1.807) is 30.3 Å². The Morgan fingerprint density at radius 3 is 2.76 bits per heavy atom. The zero-order chi connectivity index (χ0) is 15.7. The van der Waals surface area contributed by atoms with Gasteiger partial charge in [-0.15, -0.1) is 0 Å². The molecule has 114 valence electrons. The standard InChI is InChI=1S/C16H23N3O2/c1-18(2)11-7-12-19(3)16(21)15-14(8-4-5-13-20)9-6-10-17-15/h6,9-10,20H,5,7,11-13H2,1-3H3. The van der Waals surface area contributed by atoms with Crippen molar-refractivity contribution >= 4 is 5.91 Å². The van der Waals surface area contributed by atoms with E-state index in [2.05, 4.69) is 21.7 Å². The van der Waals surface area contributed by atoms with Crippen LogP contribution in [0.1, 0.15) is 28.9 Å². The van der Waals surface area contributed by atoms with Gasteiger partial charge in [0.05, 0.1) is 12.2 Å². The Morgan fingerprint density at radius 2 is 2.10 bits per heavy atom. The highest BCUT2D eigenvalue weighted by Gasteiger charge is 2.16. The Morgan fingerprint density at radius 1 is 1.33 bits per heavy atom. The van der Waals surface area contributed by atoms with E-state index in [-0.39, 0.29) is 12.5 Å². The minimum absolute atomic E-state index is 0.0149. The third-order valence-electron chi connectivity index (χ3n) is 2.92. The van der Waals surface area contributed by atoms with E-state index in [0.717, 1.165) is 13.0 Å². The zero-order valence-corrected chi connectivity index (χ0v) is 13.0. The van der Waals surface area contributed by atoms with Gasteiger partial charge in [-0.1, -0.05) is 11.8 Å². The Bertz CT molecular complexity index is 518. The highest BCUT2D eigenvalue weighted by Crippen LogP contribution is 2.07. The Balaban J connectivity index is 2.75. The van der Waals surface area contributed by atoms with Crippen molar-refractivity contribution in [1.82, 2.24) is 14.8 Å². The average molecular weight is 289 g/mol. The van der Waals surface area contributed by atoms with Crippen molar-refractivity contribution in [3.8, 4) is 11.8 Å². The molecule has 1 amide bonds. The topological polar surface area (TPSA) is 56.7 Å². The molecule has 0 saturated carbocycles. The van der Waals surface area contributed by atoms with E-state index in [9.17, 15) is 4.79 Å². The highest BCUT2D eigenvalue weighted by atomic mass is 16.2. The predicted molar refractivity (Wildman–Crippen MR) is 82.9 cm³/mol. The molecular weight excluding hydrogens is 266 g/mol. The lowest BCUT2D eigenvalue weighted by Gasteiger charge is -2.18. The maximum atomic E-state index is 12.4. The number of hydrogen-bond donors (Lipinski definition) is 1. The van der Waals surface area contributed by atoms with Crippen molar-refractivity contribution in [1.29, 1.82) is 0 Å². The molecule has 1 N–H and O–H groups in total. The summed E-state index contributed by atoms with van der Waals surface area (Å²) in [4.78, 5) is 20.3. The molecule has 0 aliphatic heterocycles. The summed E-state index contributed by atoms with van der Waals surface area (Å²) >= 11 is 0. The van der Waals surface area contributed by atoms with Crippen LogP contribution in [0.25, 0.3) is 0 Å². The minimum atomic E-state index is -0.123. The van der Waals surface area contributed by atoms with E-state index in [1.807, 2.05) is 14.1 Å². The number of aromatic nitrogens is 1. The first-order valence-electron chi connectivity index (χ1n) is 7.01. The predicted octanol–water partition coefficient (Wildman–Crippen LogP) is 0.839. The summed E-state index contributed by atoms with van der Waals surface area (Å²) in [5.41, 5.74) is 0.978. The van der Waals surface area contributed by atoms with Crippen molar-refractivity contribution < 1.29 is 9.90 Å². The molecule has 1 rings (SSSR count). The Labute approximate surface area is 126 Å². The number of nitrogens with zero attached hydrogens (tertiary/aromatic N) is 3. The van der Waals surface area contributed by atoms with E-state index in [0.29, 0.717) is 24.2 Å². The average Bonchev–Trinajstić information content (AvgIpc) is 2.47. The molecule has 5 heteroatoms. The molecule has 0 saturated heterocycles. The van der Waals surface area contributed by atoms with Gasteiger partial charge in [-0.3, -0.25) is 4.79 Å². The summed E-state index contributed by atoms with van der Waals surface area (Å²) in [6.07, 6.45) is 2.90. The van der Waals surface area contributed by atoms with Gasteiger partial charge in [0.1, 0.15) is 5.69 Å². The number of aliphatic hydroxyl groups is 1. The summed E-state index contributed by atoms with van der Waals surface area (Å²) in [6.45, 7) is 1.63. The second-order valence-electron chi connectivity index (χ2n) is 5.06. The maximum Gasteiger partial charge on any atom is 0.273 e. The molecule has 0 aliphatic rings. The fourth-order valence-corrected chi connectivity index (χ4v) is 1.80. The second kappa shape index (κ2) is 9.11. The zero-order valence-electron chi connectivity index (χ0n) is 13.0. The summed E-state index contributed by atoms with van der Waals surface area (Å²) in [7, 11) is 5.79. The SMILES string of the molecule is CN(C)CCCN(C)C(=O)c1ncccc1C#CCCO. The molecule has 0 atom stereocenters. The first kappa shape index (κ1) is 17.2. The monoisotopic (exact) mass is 289 g/mol. The molecule has 0 bridgehead atoms. The van der Waals surface area contributed by atoms with E-state index < -0.39 is 0 Å². The molecule has 1 aromatic rings. The quantitative estimate of drug-likeness (QED) is 0.789. The normalized spacial score (nSPS) is 10.1. The molecule has 0 radical (unpaired) electrons. The van der Waals surface area contributed by atoms with Gasteiger partial charge in [-0.2, -0.15) is 0 Å². The number of carbonyl (C=O) groups excluding carboxylic acids is 1. The number of rotatable bonds is 6. The number of aliphatic hydroxyl groups excluding tert-OH is 1. The summed E-state index contributed by atoms with van der Waals surface area (Å²) in [6, 6.07) is 3.53. The van der Waals surface area contributed by atoms with E-state index in [4.69, 9.17) is 5.11 Å². The first-order valence-corrected chi connectivity index (χ1v) is 7.01. The molecular formula is C16H23N3O2. The van der Waals surface area contributed by atoms with Crippen molar-refractivity contribution in [3.63, 3.8) is 0 Å². The lowest BCUT2D eigenvalue weighted by Crippen LogP contribution is -2.30. The molecule has 1 heterocycles. The molecule has 0 fully saturated rings. The number of amides is 1. The third-order valence-corrected chi connectivity index (χ3v) is 2.92. The van der Waals surface area contributed by atoms with Crippen molar-refractivity contribution in [2.24, 2.45) is 0 Å². The smallest absolute Gasteiger partial charge is 0.273 e. The maximum absolute atomic E-state index is 12.4. The van der Waals surface area contributed by atoms with Crippen LogP contribution in [0.2, 0.25) is 0 Å². The lowest BCUT2D eigenvalue weighted by atomic mass is 10.1. The molecule has 1 aromatic heterocycles. The summed E-state index contributed by atoms with van der Waals surface area (Å²) in [5.74, 6) is 5.60. The van der Waals surface area contributed by atoms with E-state index >= 15 is 0 Å². The number of hydrogen-bond acceptors (Lipinski definition) is 4. The van der Waals surface area contributed by atoms with Crippen LogP contribution in [0.4, 0.5) is 0 Å². The van der Waals surface area contributed by atoms with Gasteiger partial charge in [-0.25, -0.2) is 4.98 Å². The largest absolute Gasteiger partial charge is 0.395 e. The van der Waals surface area contributed by atoms with Gasteiger partial charge in [0, 0.05) is 26.2 Å². The van der Waals surface area contributed by atoms with Crippen LogP contribution in [-0.4, -0.2) is 66.6 Å². The Kier molecular flexibility index (Phi) is 7.44. The van der Waals surface area contributed by atoms with Gasteiger partial charge < -0.3 is 14.9 Å². The van der Waals surface area contributed by atoms with Gasteiger partial charge in [0.2, 0.25) is 0 Å². The Hall–Kier alpha value is -1.90. The van der Waals surface area contributed by atoms with Gasteiger partial charge in [0.15, 0.2) is 0 Å². The van der Waals surface area contributed by atoms with Crippen LogP contribution in [0.3, 0.4) is 0 Å². The van der Waals surface area contributed by atoms with Crippen LogP contribution in [0.15, 0.2) is 18.3 Å². The van der Waals surface area contributed by atoms with Gasteiger partial charge in [-0.05, 0) is 39.2 Å². The fourth-order valence-electron chi connectivity index (χ4n) is 1.80. The summed E-state index contributed by atoms with van der Waals surface area (Å²) in [5, 5.41) is 8.76. The molecule has 0 spiro atoms. The minimum Gasteiger partial charge on any atom is -0.395 e. The molecule has 21 heavy (non-hydrogen) atoms. The molecule has 0 aromatic carbocycles. The lowest BCUT2D eigenvalue weighted by molar-refractivity contribution is 0.0784. The third kappa shape index (κ3) is 5.94. The van der Waals surface area contributed by atoms with Crippen molar-refractivity contribution in [3.05, 3.63) is 29.6 Å². The number of carbonyl (C=O) groups is 1. The van der Waals surface area contributed by atoms with Crippen molar-refractivity contribution in [2.75, 3.05) is 40.8 Å². The molecule has 5 nitrogen and oxygen atoms in total. The highest BCUT2D eigenvalue weighted by molar-refractivity contribution is 5.94. The van der Waals surface area contributed by atoms with Crippen LogP contribution >= 0.6 is 0 Å². The second-order valence-corrected chi connectivity index (χ2v) is 5.06. The first-order chi connectivity index (χ1) is 10.1. The van der Waals surface area contributed by atoms with Crippen LogP contribution in [0.5, 0.6) is 0 Å². The fraction of sp³-hybridized carbons (Fsp3) is 0.500. The molecule has 0 unspecified atom stereocenters. The van der Waals surface area contributed by atoms with Gasteiger partial charge in [0.25, 0.3) is 5.91 Å². The van der Waals surface area contributed by atoms with Crippen LogP contribution in [0, 0.1) is 11.8 Å². The number of pyridine rings is 1. The van der Waals surface area contributed by atoms with Crippen LogP contribution < -0.4 is 0 Å². The van der Waals surface area contributed by atoms with Crippen molar-refractivity contribution in [2.45, 2.75) is 12.8 Å². The molecule has 0 aliphatic carbocycles. The van der Waals surface area contributed by atoms with Crippen LogP contribution in [-0.2, 0) is 0 Å². The van der Waals surface area contributed by atoms with E-state index in [1.165, 1.54) is 0 Å².